The summed E-state index contributed by atoms with van der Waals surface area (Å²) in [5.41, 5.74) is 2.08. The van der Waals surface area contributed by atoms with Crippen LogP contribution in [0.1, 0.15) is 32.3 Å². The lowest BCUT2D eigenvalue weighted by atomic mass is 9.88. The van der Waals surface area contributed by atoms with Crippen LogP contribution < -0.4 is 4.90 Å². The molecular formula is C14H19NO. The summed E-state index contributed by atoms with van der Waals surface area (Å²) >= 11 is 0. The fraction of sp³-hybridized carbons (Fsp3) is 0.500. The van der Waals surface area contributed by atoms with Crippen LogP contribution in [0.25, 0.3) is 0 Å². The van der Waals surface area contributed by atoms with Crippen LogP contribution in [0.4, 0.5) is 5.69 Å². The van der Waals surface area contributed by atoms with Gasteiger partial charge >= 0.3 is 0 Å². The van der Waals surface area contributed by atoms with Crippen molar-refractivity contribution in [3.8, 4) is 0 Å². The molecule has 0 spiro atoms. The molecule has 0 unspecified atom stereocenters. The van der Waals surface area contributed by atoms with Crippen LogP contribution >= 0.6 is 0 Å². The van der Waals surface area contributed by atoms with Gasteiger partial charge in [-0.1, -0.05) is 18.2 Å². The standard InChI is InChI=1S/C14H19NO/c1-11-7-4-5-8-12(11)15-10-6-9-13(16)14(15,2)3/h4-5,7-8H,6,9-10H2,1-3H3. The SMILES string of the molecule is Cc1ccccc1N1CCCC(=O)C1(C)C. The zero-order valence-corrected chi connectivity index (χ0v) is 10.3. The van der Waals surface area contributed by atoms with Crippen LogP contribution in [0.2, 0.25) is 0 Å². The van der Waals surface area contributed by atoms with Crippen molar-refractivity contribution < 1.29 is 4.79 Å². The predicted octanol–water partition coefficient (Wildman–Crippen LogP) is 2.94. The van der Waals surface area contributed by atoms with Gasteiger partial charge in [-0.2, -0.15) is 0 Å². The average molecular weight is 217 g/mol. The van der Waals surface area contributed by atoms with Crippen molar-refractivity contribution in [2.45, 2.75) is 39.2 Å². The van der Waals surface area contributed by atoms with Gasteiger partial charge in [-0.25, -0.2) is 0 Å². The van der Waals surface area contributed by atoms with Gasteiger partial charge in [0.2, 0.25) is 0 Å². The van der Waals surface area contributed by atoms with Gasteiger partial charge in [0.05, 0.1) is 5.54 Å². The number of hydrogen-bond acceptors (Lipinski definition) is 2. The second-order valence-corrected chi connectivity index (χ2v) is 5.02. The van der Waals surface area contributed by atoms with Gasteiger partial charge in [0.1, 0.15) is 0 Å². The highest BCUT2D eigenvalue weighted by Gasteiger charge is 2.37. The quantitative estimate of drug-likeness (QED) is 0.721. The molecular weight excluding hydrogens is 198 g/mol. The molecule has 2 nitrogen and oxygen atoms in total. The molecule has 1 aromatic carbocycles. The van der Waals surface area contributed by atoms with Crippen molar-refractivity contribution >= 4 is 11.5 Å². The Morgan fingerprint density at radius 3 is 2.62 bits per heavy atom. The maximum absolute atomic E-state index is 12.0. The summed E-state index contributed by atoms with van der Waals surface area (Å²) in [5, 5.41) is 0. The van der Waals surface area contributed by atoms with Crippen LogP contribution in [0, 0.1) is 6.92 Å². The number of anilines is 1. The Kier molecular flexibility index (Phi) is 2.75. The maximum atomic E-state index is 12.0. The minimum absolute atomic E-state index is 0.349. The summed E-state index contributed by atoms with van der Waals surface area (Å²) in [6.07, 6.45) is 1.69. The minimum atomic E-state index is -0.357. The second-order valence-electron chi connectivity index (χ2n) is 5.02. The molecule has 16 heavy (non-hydrogen) atoms. The van der Waals surface area contributed by atoms with Gasteiger partial charge in [0.25, 0.3) is 0 Å². The van der Waals surface area contributed by atoms with Crippen LogP contribution in [0.15, 0.2) is 24.3 Å². The summed E-state index contributed by atoms with van der Waals surface area (Å²) in [6.45, 7) is 7.13. The zero-order valence-electron chi connectivity index (χ0n) is 10.3. The Bertz CT molecular complexity index is 409. The van der Waals surface area contributed by atoms with E-state index >= 15 is 0 Å². The third-order valence-corrected chi connectivity index (χ3v) is 3.55. The number of Topliss-reactive ketones (excluding diaryl/α,β-unsaturated/α-hetero) is 1. The highest BCUT2D eigenvalue weighted by Crippen LogP contribution is 2.32. The molecule has 0 radical (unpaired) electrons. The van der Waals surface area contributed by atoms with E-state index in [2.05, 4.69) is 24.0 Å². The number of aryl methyl sites for hydroxylation is 1. The lowest BCUT2D eigenvalue weighted by Crippen LogP contribution is -2.54. The molecule has 1 saturated heterocycles. The third-order valence-electron chi connectivity index (χ3n) is 3.55. The van der Waals surface area contributed by atoms with Gasteiger partial charge in [-0.3, -0.25) is 4.79 Å². The summed E-state index contributed by atoms with van der Waals surface area (Å²) in [7, 11) is 0. The Morgan fingerprint density at radius 2 is 1.94 bits per heavy atom. The molecule has 2 heteroatoms. The lowest BCUT2D eigenvalue weighted by molar-refractivity contribution is -0.124. The van der Waals surface area contributed by atoms with E-state index in [1.807, 2.05) is 26.0 Å². The second kappa shape index (κ2) is 3.93. The van der Waals surface area contributed by atoms with E-state index in [4.69, 9.17) is 0 Å². The fourth-order valence-electron chi connectivity index (χ4n) is 2.42. The Morgan fingerprint density at radius 1 is 1.25 bits per heavy atom. The summed E-state index contributed by atoms with van der Waals surface area (Å²) < 4.78 is 0. The fourth-order valence-corrected chi connectivity index (χ4v) is 2.42. The molecule has 1 aromatic rings. The average Bonchev–Trinajstić information content (AvgIpc) is 2.24. The van der Waals surface area contributed by atoms with Crippen molar-refractivity contribution in [2.75, 3.05) is 11.4 Å². The molecule has 0 aromatic heterocycles. The van der Waals surface area contributed by atoms with Crippen molar-refractivity contribution in [3.05, 3.63) is 29.8 Å². The molecule has 2 rings (SSSR count). The van der Waals surface area contributed by atoms with Crippen LogP contribution in [-0.4, -0.2) is 17.9 Å². The van der Waals surface area contributed by atoms with Gasteiger partial charge in [-0.15, -0.1) is 0 Å². The maximum Gasteiger partial charge on any atom is 0.157 e. The number of benzene rings is 1. The number of carbonyl (C=O) groups is 1. The van der Waals surface area contributed by atoms with Crippen molar-refractivity contribution in [2.24, 2.45) is 0 Å². The Hall–Kier alpha value is -1.31. The highest BCUT2D eigenvalue weighted by atomic mass is 16.1. The molecule has 0 atom stereocenters. The molecule has 1 aliphatic heterocycles. The number of piperidine rings is 1. The summed E-state index contributed by atoms with van der Waals surface area (Å²) in [5.74, 6) is 0.349. The minimum Gasteiger partial charge on any atom is -0.359 e. The largest absolute Gasteiger partial charge is 0.359 e. The van der Waals surface area contributed by atoms with Crippen molar-refractivity contribution in [3.63, 3.8) is 0 Å². The first-order valence-electron chi connectivity index (χ1n) is 5.90. The number of hydrogen-bond donors (Lipinski definition) is 0. The number of ketones is 1. The first kappa shape index (κ1) is 11.2. The van der Waals surface area contributed by atoms with E-state index in [1.54, 1.807) is 0 Å². The van der Waals surface area contributed by atoms with Gasteiger partial charge in [0, 0.05) is 18.7 Å². The summed E-state index contributed by atoms with van der Waals surface area (Å²) in [6, 6.07) is 8.29. The van der Waals surface area contributed by atoms with E-state index in [9.17, 15) is 4.79 Å². The molecule has 0 aliphatic carbocycles. The molecule has 1 fully saturated rings. The molecule has 1 aliphatic rings. The van der Waals surface area contributed by atoms with E-state index in [-0.39, 0.29) is 5.54 Å². The van der Waals surface area contributed by atoms with Crippen LogP contribution in [-0.2, 0) is 4.79 Å². The monoisotopic (exact) mass is 217 g/mol. The first-order valence-corrected chi connectivity index (χ1v) is 5.90. The molecule has 0 amide bonds. The summed E-state index contributed by atoms with van der Waals surface area (Å²) in [4.78, 5) is 14.2. The lowest BCUT2D eigenvalue weighted by Gasteiger charge is -2.43. The van der Waals surface area contributed by atoms with Gasteiger partial charge in [0.15, 0.2) is 5.78 Å². The zero-order chi connectivity index (χ0) is 11.8. The molecule has 86 valence electrons. The Balaban J connectivity index is 2.40. The van der Waals surface area contributed by atoms with Crippen LogP contribution in [0.3, 0.4) is 0 Å². The molecule has 1 heterocycles. The number of nitrogens with zero attached hydrogens (tertiary/aromatic N) is 1. The number of rotatable bonds is 1. The van der Waals surface area contributed by atoms with Gasteiger partial charge < -0.3 is 4.90 Å². The third kappa shape index (κ3) is 1.73. The van der Waals surface area contributed by atoms with Gasteiger partial charge in [-0.05, 0) is 38.8 Å². The number of para-hydroxylation sites is 1. The topological polar surface area (TPSA) is 20.3 Å². The van der Waals surface area contributed by atoms with Crippen molar-refractivity contribution in [1.29, 1.82) is 0 Å². The first-order chi connectivity index (χ1) is 7.53. The van der Waals surface area contributed by atoms with Crippen LogP contribution in [0.5, 0.6) is 0 Å². The normalized spacial score (nSPS) is 19.9. The van der Waals surface area contributed by atoms with E-state index < -0.39 is 0 Å². The number of carbonyl (C=O) groups excluding carboxylic acids is 1. The molecule has 0 N–H and O–H groups in total. The van der Waals surface area contributed by atoms with E-state index in [0.717, 1.165) is 19.4 Å². The highest BCUT2D eigenvalue weighted by molar-refractivity contribution is 5.92. The van der Waals surface area contributed by atoms with E-state index in [1.165, 1.54) is 11.3 Å². The molecule has 0 bridgehead atoms. The van der Waals surface area contributed by atoms with Crippen molar-refractivity contribution in [1.82, 2.24) is 0 Å². The smallest absolute Gasteiger partial charge is 0.157 e. The van der Waals surface area contributed by atoms with E-state index in [0.29, 0.717) is 5.78 Å². The predicted molar refractivity (Wildman–Crippen MR) is 66.8 cm³/mol. The molecule has 0 saturated carbocycles. The Labute approximate surface area is 97.3 Å².